The van der Waals surface area contributed by atoms with Crippen molar-refractivity contribution in [1.82, 2.24) is 0 Å². The van der Waals surface area contributed by atoms with Crippen LogP contribution < -0.4 is 4.90 Å². The minimum Gasteiger partial charge on any atom is -0.456 e. The lowest BCUT2D eigenvalue weighted by Crippen LogP contribution is -2.31. The first-order valence-corrected chi connectivity index (χ1v) is 20.1. The number of anilines is 3. The van der Waals surface area contributed by atoms with Gasteiger partial charge in [0, 0.05) is 33.0 Å². The maximum atomic E-state index is 7.23. The van der Waals surface area contributed by atoms with Crippen LogP contribution in [0, 0.1) is 0 Å². The van der Waals surface area contributed by atoms with E-state index in [0.717, 1.165) is 38.9 Å². The first kappa shape index (κ1) is 31.7. The van der Waals surface area contributed by atoms with Crippen molar-refractivity contribution in [2.45, 2.75) is 36.5 Å². The van der Waals surface area contributed by atoms with E-state index in [9.17, 15) is 0 Å². The third kappa shape index (κ3) is 4.11. The Morgan fingerprint density at radius 1 is 0.429 bits per heavy atom. The predicted octanol–water partition coefficient (Wildman–Crippen LogP) is 14.3. The molecule has 2 heteroatoms. The quantitative estimate of drug-likeness (QED) is 0.176. The number of hydrogen-bond acceptors (Lipinski definition) is 2. The van der Waals surface area contributed by atoms with Gasteiger partial charge in [-0.1, -0.05) is 165 Å². The largest absolute Gasteiger partial charge is 0.456 e. The summed E-state index contributed by atoms with van der Waals surface area (Å²) in [5.74, 6) is 0. The molecule has 2 nitrogen and oxygen atoms in total. The second-order valence-electron chi connectivity index (χ2n) is 15.8. The van der Waals surface area contributed by atoms with Crippen molar-refractivity contribution < 1.29 is 4.42 Å². The van der Waals surface area contributed by atoms with Gasteiger partial charge in [-0.05, 0) is 93.7 Å². The standard InChI is InChI=1S/C54H39NO/c1-3-18-36(19-4-1)54(44-27-12-7-22-38(44)39-23-8-13-28-45(39)54)51-48(33-32-41-40-24-10-14-31-49(40)56-52(41)51)55(37-20-5-2-6-21-37)47-30-17-29-46-50(47)42-25-9-11-26-43(42)53(46)34-15-16-35-53/h1-14,17-33H,15-16,34-35H2. The minimum atomic E-state index is -0.702. The molecule has 1 heterocycles. The highest BCUT2D eigenvalue weighted by atomic mass is 16.3. The molecule has 8 aromatic carbocycles. The average molecular weight is 718 g/mol. The van der Waals surface area contributed by atoms with Crippen LogP contribution in [0.2, 0.25) is 0 Å². The normalized spacial score (nSPS) is 15.5. The highest BCUT2D eigenvalue weighted by Gasteiger charge is 2.51. The fraction of sp³-hybridized carbons (Fsp3) is 0.111. The zero-order valence-corrected chi connectivity index (χ0v) is 31.1. The molecule has 0 aliphatic heterocycles. The third-order valence-corrected chi connectivity index (χ3v) is 13.3. The van der Waals surface area contributed by atoms with Crippen LogP contribution in [-0.2, 0) is 10.8 Å². The number of para-hydroxylation sites is 2. The third-order valence-electron chi connectivity index (χ3n) is 13.3. The maximum absolute atomic E-state index is 7.23. The lowest BCUT2D eigenvalue weighted by Gasteiger charge is -2.38. The van der Waals surface area contributed by atoms with Gasteiger partial charge in [-0.3, -0.25) is 0 Å². The number of fused-ring (bicyclic) bond motifs is 11. The van der Waals surface area contributed by atoms with Crippen LogP contribution in [0.1, 0.15) is 59.1 Å². The molecule has 0 bridgehead atoms. The molecule has 3 aliphatic rings. The SMILES string of the molecule is c1ccc(N(c2cccc3c2-c2ccccc2C32CCCC2)c2ccc3c(oc4ccccc43)c2C2(c3ccccc3)c3ccccc3-c3ccccc32)cc1. The topological polar surface area (TPSA) is 16.4 Å². The van der Waals surface area contributed by atoms with Crippen molar-refractivity contribution in [1.29, 1.82) is 0 Å². The van der Waals surface area contributed by atoms with Crippen molar-refractivity contribution in [3.05, 3.63) is 221 Å². The summed E-state index contributed by atoms with van der Waals surface area (Å²) in [6, 6.07) is 69.7. The van der Waals surface area contributed by atoms with Crippen LogP contribution in [-0.4, -0.2) is 0 Å². The molecule has 0 atom stereocenters. The highest BCUT2D eigenvalue weighted by Crippen LogP contribution is 2.63. The Bertz CT molecular complexity index is 2940. The van der Waals surface area contributed by atoms with Gasteiger partial charge in [-0.2, -0.15) is 0 Å². The summed E-state index contributed by atoms with van der Waals surface area (Å²) in [6.45, 7) is 0. The number of rotatable bonds is 5. The highest BCUT2D eigenvalue weighted by molar-refractivity contribution is 6.10. The van der Waals surface area contributed by atoms with E-state index in [1.165, 1.54) is 81.4 Å². The Balaban J connectivity index is 1.27. The summed E-state index contributed by atoms with van der Waals surface area (Å²) < 4.78 is 7.23. The summed E-state index contributed by atoms with van der Waals surface area (Å²) in [5, 5.41) is 2.25. The van der Waals surface area contributed by atoms with Crippen molar-refractivity contribution in [2.24, 2.45) is 0 Å². The van der Waals surface area contributed by atoms with Crippen LogP contribution in [0.15, 0.2) is 192 Å². The van der Waals surface area contributed by atoms with Crippen molar-refractivity contribution in [2.75, 3.05) is 4.90 Å². The fourth-order valence-corrected chi connectivity index (χ4v) is 11.1. The summed E-state index contributed by atoms with van der Waals surface area (Å²) in [6.07, 6.45) is 4.89. The molecule has 1 fully saturated rings. The summed E-state index contributed by atoms with van der Waals surface area (Å²) in [4.78, 5) is 2.56. The first-order valence-electron chi connectivity index (χ1n) is 20.1. The second kappa shape index (κ2) is 11.9. The molecule has 0 N–H and O–H groups in total. The molecule has 0 unspecified atom stereocenters. The molecule has 1 spiro atoms. The van der Waals surface area contributed by atoms with Gasteiger partial charge in [0.2, 0.25) is 0 Å². The Labute approximate surface area is 327 Å². The van der Waals surface area contributed by atoms with Crippen molar-refractivity contribution >= 4 is 39.0 Å². The molecule has 0 amide bonds. The van der Waals surface area contributed by atoms with Gasteiger partial charge >= 0.3 is 0 Å². The molecular weight excluding hydrogens is 679 g/mol. The van der Waals surface area contributed by atoms with Crippen molar-refractivity contribution in [3.63, 3.8) is 0 Å². The molecule has 0 radical (unpaired) electrons. The molecule has 1 saturated carbocycles. The molecule has 56 heavy (non-hydrogen) atoms. The predicted molar refractivity (Wildman–Crippen MR) is 230 cm³/mol. The van der Waals surface area contributed by atoms with Gasteiger partial charge in [-0.25, -0.2) is 0 Å². The van der Waals surface area contributed by atoms with Gasteiger partial charge in [0.1, 0.15) is 11.2 Å². The van der Waals surface area contributed by atoms with E-state index in [2.05, 4.69) is 193 Å². The average Bonchev–Trinajstić information content (AvgIpc) is 4.04. The Morgan fingerprint density at radius 3 is 1.75 bits per heavy atom. The summed E-state index contributed by atoms with van der Waals surface area (Å²) in [5.41, 5.74) is 17.7. The molecule has 12 rings (SSSR count). The van der Waals surface area contributed by atoms with Gasteiger partial charge in [-0.15, -0.1) is 0 Å². The molecule has 3 aliphatic carbocycles. The van der Waals surface area contributed by atoms with E-state index < -0.39 is 5.41 Å². The molecule has 0 saturated heterocycles. The van der Waals surface area contributed by atoms with E-state index in [0.29, 0.717) is 0 Å². The lowest BCUT2D eigenvalue weighted by molar-refractivity contribution is 0.550. The number of benzene rings is 8. The van der Waals surface area contributed by atoms with Crippen LogP contribution in [0.5, 0.6) is 0 Å². The van der Waals surface area contributed by atoms with Crippen LogP contribution in [0.3, 0.4) is 0 Å². The maximum Gasteiger partial charge on any atom is 0.142 e. The first-order chi connectivity index (χ1) is 27.8. The monoisotopic (exact) mass is 717 g/mol. The van der Waals surface area contributed by atoms with Crippen LogP contribution in [0.25, 0.3) is 44.2 Å². The molecular formula is C54H39NO. The zero-order valence-electron chi connectivity index (χ0n) is 31.1. The number of hydrogen-bond donors (Lipinski definition) is 0. The Kier molecular flexibility index (Phi) is 6.75. The van der Waals surface area contributed by atoms with Gasteiger partial charge in [0.25, 0.3) is 0 Å². The van der Waals surface area contributed by atoms with Crippen LogP contribution in [0.4, 0.5) is 17.1 Å². The fourth-order valence-electron chi connectivity index (χ4n) is 11.1. The van der Waals surface area contributed by atoms with Gasteiger partial charge in [0.05, 0.1) is 16.8 Å². The van der Waals surface area contributed by atoms with E-state index in [1.54, 1.807) is 0 Å². The number of nitrogens with zero attached hydrogens (tertiary/aromatic N) is 1. The number of furan rings is 1. The van der Waals surface area contributed by atoms with E-state index in [4.69, 9.17) is 4.42 Å². The molecule has 266 valence electrons. The Morgan fingerprint density at radius 2 is 1.02 bits per heavy atom. The van der Waals surface area contributed by atoms with E-state index in [-0.39, 0.29) is 5.41 Å². The van der Waals surface area contributed by atoms with Gasteiger partial charge < -0.3 is 9.32 Å². The lowest BCUT2D eigenvalue weighted by atomic mass is 9.66. The molecule has 1 aromatic heterocycles. The van der Waals surface area contributed by atoms with E-state index >= 15 is 0 Å². The molecule has 9 aromatic rings. The smallest absolute Gasteiger partial charge is 0.142 e. The summed E-state index contributed by atoms with van der Waals surface area (Å²) in [7, 11) is 0. The Hall–Kier alpha value is -6.64. The van der Waals surface area contributed by atoms with Crippen molar-refractivity contribution in [3.8, 4) is 22.3 Å². The summed E-state index contributed by atoms with van der Waals surface area (Å²) >= 11 is 0. The zero-order chi connectivity index (χ0) is 36.8. The van der Waals surface area contributed by atoms with Gasteiger partial charge in [0.15, 0.2) is 0 Å². The second-order valence-corrected chi connectivity index (χ2v) is 15.8. The van der Waals surface area contributed by atoms with Crippen LogP contribution >= 0.6 is 0 Å². The minimum absolute atomic E-state index is 0.0460. The van der Waals surface area contributed by atoms with E-state index in [1.807, 2.05) is 0 Å².